The first-order chi connectivity index (χ1) is 12.9. The number of carbonyl (C=O) groups excluding carboxylic acids is 1. The number of hydrogen-bond acceptors (Lipinski definition) is 7. The Balaban J connectivity index is 1.91. The van der Waals surface area contributed by atoms with Crippen molar-refractivity contribution in [3.63, 3.8) is 0 Å². The maximum Gasteiger partial charge on any atom is 0.261 e. The van der Waals surface area contributed by atoms with E-state index in [2.05, 4.69) is 15.0 Å². The minimum absolute atomic E-state index is 0.173. The van der Waals surface area contributed by atoms with Gasteiger partial charge in [0.1, 0.15) is 17.7 Å². The highest BCUT2D eigenvalue weighted by atomic mass is 16.5. The molecule has 0 saturated carbocycles. The maximum atomic E-state index is 13.2. The molecule has 2 atom stereocenters. The number of aliphatic imine (C=N–C) groups is 1. The predicted molar refractivity (Wildman–Crippen MR) is 99.1 cm³/mol. The van der Waals surface area contributed by atoms with Crippen LogP contribution in [-0.2, 0) is 15.1 Å². The van der Waals surface area contributed by atoms with Crippen molar-refractivity contribution in [2.24, 2.45) is 10.7 Å². The van der Waals surface area contributed by atoms with Gasteiger partial charge in [0, 0.05) is 44.1 Å². The molecule has 1 spiro atoms. The lowest BCUT2D eigenvalue weighted by atomic mass is 9.76. The van der Waals surface area contributed by atoms with Gasteiger partial charge in [-0.2, -0.15) is 0 Å². The Hall–Kier alpha value is -3.00. The summed E-state index contributed by atoms with van der Waals surface area (Å²) in [5.74, 6) is 0.621. The molecule has 1 amide bonds. The zero-order valence-corrected chi connectivity index (χ0v) is 15.5. The molecule has 2 aromatic rings. The minimum Gasteiger partial charge on any atom is -0.485 e. The van der Waals surface area contributed by atoms with Gasteiger partial charge in [0.15, 0.2) is 11.5 Å². The highest BCUT2D eigenvalue weighted by Gasteiger charge is 2.56. The van der Waals surface area contributed by atoms with Crippen LogP contribution in [-0.4, -0.2) is 53.1 Å². The third kappa shape index (κ3) is 2.64. The summed E-state index contributed by atoms with van der Waals surface area (Å²) in [6, 6.07) is 5.68. The van der Waals surface area contributed by atoms with E-state index in [0.717, 1.165) is 11.1 Å². The Bertz CT molecular complexity index is 932. The van der Waals surface area contributed by atoms with Crippen LogP contribution >= 0.6 is 0 Å². The summed E-state index contributed by atoms with van der Waals surface area (Å²) in [7, 11) is 3.24. The Morgan fingerprint density at radius 1 is 1.30 bits per heavy atom. The number of likely N-dealkylation sites (N-methyl/N-ethyl adjacent to an activating group) is 1. The molecule has 27 heavy (non-hydrogen) atoms. The third-order valence-electron chi connectivity index (χ3n) is 5.06. The molecule has 2 aliphatic rings. The number of benzene rings is 1. The summed E-state index contributed by atoms with van der Waals surface area (Å²) in [5, 5.41) is 0. The van der Waals surface area contributed by atoms with Crippen molar-refractivity contribution >= 4 is 11.9 Å². The first-order valence-corrected chi connectivity index (χ1v) is 8.60. The number of nitrogens with two attached hydrogens (primary N) is 1. The fourth-order valence-corrected chi connectivity index (χ4v) is 3.88. The number of amides is 1. The van der Waals surface area contributed by atoms with E-state index < -0.39 is 11.1 Å². The smallest absolute Gasteiger partial charge is 0.261 e. The lowest BCUT2D eigenvalue weighted by Crippen LogP contribution is -2.52. The van der Waals surface area contributed by atoms with Gasteiger partial charge < -0.3 is 15.2 Å². The molecule has 4 rings (SSSR count). The second-order valence-electron chi connectivity index (χ2n) is 7.19. The van der Waals surface area contributed by atoms with Crippen LogP contribution in [0.15, 0.2) is 41.9 Å². The quantitative estimate of drug-likeness (QED) is 0.877. The van der Waals surface area contributed by atoms with Crippen molar-refractivity contribution < 1.29 is 14.3 Å². The van der Waals surface area contributed by atoms with E-state index in [4.69, 9.17) is 15.2 Å². The maximum absolute atomic E-state index is 13.2. The van der Waals surface area contributed by atoms with Gasteiger partial charge in [-0.15, -0.1) is 0 Å². The molecule has 1 aromatic heterocycles. The summed E-state index contributed by atoms with van der Waals surface area (Å²) >= 11 is 0. The van der Waals surface area contributed by atoms with Crippen molar-refractivity contribution in [3.8, 4) is 16.9 Å². The van der Waals surface area contributed by atoms with E-state index in [1.807, 2.05) is 25.1 Å². The van der Waals surface area contributed by atoms with E-state index in [-0.39, 0.29) is 11.9 Å². The average molecular weight is 367 g/mol. The number of nitrogens with zero attached hydrogens (tertiary/aromatic N) is 4. The van der Waals surface area contributed by atoms with Crippen LogP contribution in [0.25, 0.3) is 11.1 Å². The van der Waals surface area contributed by atoms with Crippen LogP contribution in [0.2, 0.25) is 0 Å². The van der Waals surface area contributed by atoms with Crippen LogP contribution in [0.3, 0.4) is 0 Å². The number of carbonyl (C=O) groups is 1. The Labute approximate surface area is 157 Å². The van der Waals surface area contributed by atoms with Gasteiger partial charge in [-0.3, -0.25) is 9.69 Å². The van der Waals surface area contributed by atoms with E-state index in [9.17, 15) is 4.79 Å². The van der Waals surface area contributed by atoms with Gasteiger partial charge in [0.2, 0.25) is 0 Å². The van der Waals surface area contributed by atoms with Crippen LogP contribution in [0.4, 0.5) is 0 Å². The van der Waals surface area contributed by atoms with E-state index in [1.54, 1.807) is 26.6 Å². The summed E-state index contributed by atoms with van der Waals surface area (Å²) in [6.45, 7) is 2.24. The van der Waals surface area contributed by atoms with Gasteiger partial charge in [-0.25, -0.2) is 15.0 Å². The highest BCUT2D eigenvalue weighted by molar-refractivity contribution is 6.07. The van der Waals surface area contributed by atoms with E-state index >= 15 is 0 Å². The van der Waals surface area contributed by atoms with Gasteiger partial charge >= 0.3 is 0 Å². The number of ether oxygens (including phenoxy) is 2. The van der Waals surface area contributed by atoms with Crippen LogP contribution in [0, 0.1) is 0 Å². The topological polar surface area (TPSA) is 103 Å². The summed E-state index contributed by atoms with van der Waals surface area (Å²) in [5.41, 5.74) is 6.58. The molecule has 1 aromatic carbocycles. The van der Waals surface area contributed by atoms with Crippen LogP contribution in [0.5, 0.6) is 5.75 Å². The fraction of sp³-hybridized carbons (Fsp3) is 0.368. The number of methoxy groups -OCH3 is 1. The molecule has 3 heterocycles. The van der Waals surface area contributed by atoms with Gasteiger partial charge in [-0.05, 0) is 24.6 Å². The molecule has 2 N–H and O–H groups in total. The lowest BCUT2D eigenvalue weighted by molar-refractivity contribution is -0.135. The SMILES string of the molecule is COC[C@@]1(C)CC2(N=C(N)N(C)C2=O)c2cc(-c3cncnc3)ccc2O1. The largest absolute Gasteiger partial charge is 0.485 e. The zero-order chi connectivity index (χ0) is 19.2. The van der Waals surface area contributed by atoms with Crippen molar-refractivity contribution in [3.05, 3.63) is 42.5 Å². The number of aromatic nitrogens is 2. The van der Waals surface area contributed by atoms with Crippen LogP contribution in [0.1, 0.15) is 18.9 Å². The monoisotopic (exact) mass is 367 g/mol. The third-order valence-corrected chi connectivity index (χ3v) is 5.06. The number of fused-ring (bicyclic) bond motifs is 2. The normalized spacial score (nSPS) is 26.7. The highest BCUT2D eigenvalue weighted by Crippen LogP contribution is 2.49. The molecular weight excluding hydrogens is 346 g/mol. The van der Waals surface area contributed by atoms with Gasteiger partial charge in [0.05, 0.1) is 6.61 Å². The van der Waals surface area contributed by atoms with E-state index in [0.29, 0.717) is 24.3 Å². The number of guanidine groups is 1. The molecule has 1 unspecified atom stereocenters. The molecule has 8 nitrogen and oxygen atoms in total. The summed E-state index contributed by atoms with van der Waals surface area (Å²) < 4.78 is 11.6. The lowest BCUT2D eigenvalue weighted by Gasteiger charge is -2.42. The molecule has 140 valence electrons. The molecule has 0 aliphatic carbocycles. The summed E-state index contributed by atoms with van der Waals surface area (Å²) in [4.78, 5) is 27.3. The molecular formula is C19H21N5O3. The zero-order valence-electron chi connectivity index (χ0n) is 15.5. The number of hydrogen-bond donors (Lipinski definition) is 1. The minimum atomic E-state index is -1.13. The van der Waals surface area contributed by atoms with Crippen molar-refractivity contribution in [1.29, 1.82) is 0 Å². The molecule has 0 fully saturated rings. The van der Waals surface area contributed by atoms with Crippen LogP contribution < -0.4 is 10.5 Å². The van der Waals surface area contributed by atoms with Crippen molar-refractivity contribution in [1.82, 2.24) is 14.9 Å². The van der Waals surface area contributed by atoms with Crippen molar-refractivity contribution in [2.75, 3.05) is 20.8 Å². The Kier molecular flexibility index (Phi) is 3.88. The Morgan fingerprint density at radius 3 is 2.67 bits per heavy atom. The standard InChI is InChI=1S/C19H21N5O3/c1-18(10-26-3)9-19(16(25)24(2)17(20)23-19)14-6-12(4-5-15(14)27-18)13-7-21-11-22-8-13/h4-8,11H,9-10H2,1-3H3,(H2,20,23)/t18-,19?/m1/s1. The Morgan fingerprint density at radius 2 is 2.04 bits per heavy atom. The number of rotatable bonds is 3. The molecule has 8 heteroatoms. The fourth-order valence-electron chi connectivity index (χ4n) is 3.88. The van der Waals surface area contributed by atoms with E-state index in [1.165, 1.54) is 11.2 Å². The predicted octanol–water partition coefficient (Wildman–Crippen LogP) is 1.31. The van der Waals surface area contributed by atoms with Crippen molar-refractivity contribution in [2.45, 2.75) is 24.5 Å². The second kappa shape index (κ2) is 6.02. The first kappa shape index (κ1) is 17.4. The molecule has 0 radical (unpaired) electrons. The molecule has 0 saturated heterocycles. The molecule has 2 aliphatic heterocycles. The second-order valence-corrected chi connectivity index (χ2v) is 7.19. The molecule has 0 bridgehead atoms. The first-order valence-electron chi connectivity index (χ1n) is 8.60. The van der Waals surface area contributed by atoms with Gasteiger partial charge in [-0.1, -0.05) is 6.07 Å². The summed E-state index contributed by atoms with van der Waals surface area (Å²) in [6.07, 6.45) is 5.25. The average Bonchev–Trinajstić information content (AvgIpc) is 2.86. The van der Waals surface area contributed by atoms with Gasteiger partial charge in [0.25, 0.3) is 5.91 Å².